The highest BCUT2D eigenvalue weighted by Gasteiger charge is 2.16. The van der Waals surface area contributed by atoms with Crippen molar-refractivity contribution < 1.29 is 18.7 Å². The number of rotatable bonds is 5. The Labute approximate surface area is 140 Å². The summed E-state index contributed by atoms with van der Waals surface area (Å²) in [4.78, 5) is 12.2. The standard InChI is InChI=1S/C20H18O4/c1-14-12-18(15(2)23-14)20(21)22-13-16-8-6-7-11-19(16)24-17-9-4-3-5-10-17/h3-12H,13H2,1-2H3. The first kappa shape index (κ1) is 15.9. The van der Waals surface area contributed by atoms with Crippen LogP contribution in [0.3, 0.4) is 0 Å². The van der Waals surface area contributed by atoms with Crippen molar-refractivity contribution in [3.05, 3.63) is 83.3 Å². The van der Waals surface area contributed by atoms with Gasteiger partial charge in [0, 0.05) is 5.56 Å². The van der Waals surface area contributed by atoms with Gasteiger partial charge in [0.1, 0.15) is 35.2 Å². The van der Waals surface area contributed by atoms with Crippen molar-refractivity contribution in [2.24, 2.45) is 0 Å². The van der Waals surface area contributed by atoms with Crippen LogP contribution in [0.5, 0.6) is 11.5 Å². The molecule has 0 radical (unpaired) electrons. The lowest BCUT2D eigenvalue weighted by atomic mass is 10.2. The molecule has 0 aliphatic carbocycles. The van der Waals surface area contributed by atoms with Gasteiger partial charge in [0.2, 0.25) is 0 Å². The molecule has 2 aromatic carbocycles. The maximum atomic E-state index is 12.2. The number of furan rings is 1. The highest BCUT2D eigenvalue weighted by molar-refractivity contribution is 5.90. The number of aryl methyl sites for hydroxylation is 2. The first-order chi connectivity index (χ1) is 11.6. The average Bonchev–Trinajstić information content (AvgIpc) is 2.93. The van der Waals surface area contributed by atoms with Crippen LogP contribution in [-0.2, 0) is 11.3 Å². The third-order valence-corrected chi connectivity index (χ3v) is 3.56. The van der Waals surface area contributed by atoms with Crippen molar-refractivity contribution >= 4 is 5.97 Å². The molecule has 0 atom stereocenters. The predicted octanol–water partition coefficient (Wildman–Crippen LogP) is 5.05. The maximum absolute atomic E-state index is 12.2. The molecule has 0 unspecified atom stereocenters. The third kappa shape index (κ3) is 3.66. The summed E-state index contributed by atoms with van der Waals surface area (Å²) in [5.41, 5.74) is 1.25. The van der Waals surface area contributed by atoms with Crippen LogP contribution in [0, 0.1) is 13.8 Å². The molecule has 1 heterocycles. The van der Waals surface area contributed by atoms with Gasteiger partial charge in [-0.3, -0.25) is 0 Å². The lowest BCUT2D eigenvalue weighted by Gasteiger charge is -2.11. The van der Waals surface area contributed by atoms with E-state index in [-0.39, 0.29) is 6.61 Å². The molecule has 0 amide bonds. The minimum absolute atomic E-state index is 0.130. The Bertz CT molecular complexity index is 834. The second-order valence-corrected chi connectivity index (χ2v) is 5.43. The number of carbonyl (C=O) groups excluding carboxylic acids is 1. The molecule has 0 saturated heterocycles. The summed E-state index contributed by atoms with van der Waals surface area (Å²) in [5, 5.41) is 0. The number of esters is 1. The first-order valence-electron chi connectivity index (χ1n) is 7.68. The molecule has 122 valence electrons. The minimum Gasteiger partial charge on any atom is -0.466 e. The SMILES string of the molecule is Cc1cc(C(=O)OCc2ccccc2Oc2ccccc2)c(C)o1. The molecule has 4 heteroatoms. The van der Waals surface area contributed by atoms with E-state index in [2.05, 4.69) is 0 Å². The van der Waals surface area contributed by atoms with Crippen molar-refractivity contribution in [2.75, 3.05) is 0 Å². The van der Waals surface area contributed by atoms with Crippen molar-refractivity contribution in [3.63, 3.8) is 0 Å². The minimum atomic E-state index is -0.404. The lowest BCUT2D eigenvalue weighted by Crippen LogP contribution is -2.06. The van der Waals surface area contributed by atoms with E-state index >= 15 is 0 Å². The molecule has 3 rings (SSSR count). The molecular formula is C20H18O4. The summed E-state index contributed by atoms with van der Waals surface area (Å²) in [5.74, 6) is 2.24. The fraction of sp³-hybridized carbons (Fsp3) is 0.150. The van der Waals surface area contributed by atoms with Crippen molar-refractivity contribution in [1.29, 1.82) is 0 Å². The maximum Gasteiger partial charge on any atom is 0.342 e. The van der Waals surface area contributed by atoms with Gasteiger partial charge in [-0.1, -0.05) is 36.4 Å². The summed E-state index contributed by atoms with van der Waals surface area (Å²) in [7, 11) is 0. The zero-order valence-electron chi connectivity index (χ0n) is 13.6. The van der Waals surface area contributed by atoms with Gasteiger partial charge in [0.25, 0.3) is 0 Å². The molecule has 0 aliphatic rings. The van der Waals surface area contributed by atoms with Crippen LogP contribution in [-0.4, -0.2) is 5.97 Å². The Kier molecular flexibility index (Phi) is 4.66. The van der Waals surface area contributed by atoms with Gasteiger partial charge in [-0.2, -0.15) is 0 Å². The van der Waals surface area contributed by atoms with E-state index in [1.807, 2.05) is 54.6 Å². The van der Waals surface area contributed by atoms with E-state index in [0.29, 0.717) is 22.8 Å². The van der Waals surface area contributed by atoms with E-state index in [1.165, 1.54) is 0 Å². The zero-order chi connectivity index (χ0) is 16.9. The van der Waals surface area contributed by atoms with Gasteiger partial charge in [-0.15, -0.1) is 0 Å². The van der Waals surface area contributed by atoms with Crippen LogP contribution >= 0.6 is 0 Å². The Morgan fingerprint density at radius 1 is 1.00 bits per heavy atom. The molecule has 3 aromatic rings. The molecule has 1 aromatic heterocycles. The molecule has 0 saturated carbocycles. The quantitative estimate of drug-likeness (QED) is 0.617. The second kappa shape index (κ2) is 7.04. The number of hydrogen-bond donors (Lipinski definition) is 0. The Morgan fingerprint density at radius 2 is 1.71 bits per heavy atom. The van der Waals surface area contributed by atoms with Crippen molar-refractivity contribution in [3.8, 4) is 11.5 Å². The van der Waals surface area contributed by atoms with E-state index in [9.17, 15) is 4.79 Å². The second-order valence-electron chi connectivity index (χ2n) is 5.43. The molecule has 24 heavy (non-hydrogen) atoms. The van der Waals surface area contributed by atoms with Gasteiger partial charge in [0.15, 0.2) is 0 Å². The fourth-order valence-electron chi connectivity index (χ4n) is 2.39. The topological polar surface area (TPSA) is 48.7 Å². The molecule has 0 aliphatic heterocycles. The van der Waals surface area contributed by atoms with Gasteiger partial charge < -0.3 is 13.9 Å². The average molecular weight is 322 g/mol. The molecule has 0 fully saturated rings. The first-order valence-corrected chi connectivity index (χ1v) is 7.68. The smallest absolute Gasteiger partial charge is 0.342 e. The van der Waals surface area contributed by atoms with Gasteiger partial charge in [0.05, 0.1) is 0 Å². The highest BCUT2D eigenvalue weighted by Crippen LogP contribution is 2.26. The molecular weight excluding hydrogens is 304 g/mol. The summed E-state index contributed by atoms with van der Waals surface area (Å²) in [6, 6.07) is 18.7. The Balaban J connectivity index is 1.71. The molecule has 0 bridgehead atoms. The predicted molar refractivity (Wildman–Crippen MR) is 90.3 cm³/mol. The number of ether oxygens (including phenoxy) is 2. The van der Waals surface area contributed by atoms with E-state index in [0.717, 1.165) is 11.3 Å². The number of carbonyl (C=O) groups is 1. The van der Waals surface area contributed by atoms with Crippen LogP contribution in [0.1, 0.15) is 27.4 Å². The third-order valence-electron chi connectivity index (χ3n) is 3.56. The summed E-state index contributed by atoms with van der Waals surface area (Å²) in [6.45, 7) is 3.67. The Morgan fingerprint density at radius 3 is 2.42 bits per heavy atom. The van der Waals surface area contributed by atoms with Crippen molar-refractivity contribution in [1.82, 2.24) is 0 Å². The number of hydrogen-bond acceptors (Lipinski definition) is 4. The number of benzene rings is 2. The summed E-state index contributed by atoms with van der Waals surface area (Å²) >= 11 is 0. The van der Waals surface area contributed by atoms with E-state index in [1.54, 1.807) is 19.9 Å². The van der Waals surface area contributed by atoms with Crippen LogP contribution in [0.15, 0.2) is 65.1 Å². The zero-order valence-corrected chi connectivity index (χ0v) is 13.6. The van der Waals surface area contributed by atoms with E-state index < -0.39 is 5.97 Å². The van der Waals surface area contributed by atoms with Gasteiger partial charge in [-0.25, -0.2) is 4.79 Å². The van der Waals surface area contributed by atoms with Gasteiger partial charge >= 0.3 is 5.97 Å². The largest absolute Gasteiger partial charge is 0.466 e. The molecule has 0 spiro atoms. The number of para-hydroxylation sites is 2. The lowest BCUT2D eigenvalue weighted by molar-refractivity contribution is 0.0469. The monoisotopic (exact) mass is 322 g/mol. The molecule has 4 nitrogen and oxygen atoms in total. The Hall–Kier alpha value is -3.01. The highest BCUT2D eigenvalue weighted by atomic mass is 16.5. The summed E-state index contributed by atoms with van der Waals surface area (Å²) in [6.07, 6.45) is 0. The van der Waals surface area contributed by atoms with Gasteiger partial charge in [-0.05, 0) is 38.1 Å². The van der Waals surface area contributed by atoms with Crippen molar-refractivity contribution in [2.45, 2.75) is 20.5 Å². The fourth-order valence-corrected chi connectivity index (χ4v) is 2.39. The van der Waals surface area contributed by atoms with Crippen LogP contribution in [0.2, 0.25) is 0 Å². The normalized spacial score (nSPS) is 10.4. The van der Waals surface area contributed by atoms with Crippen LogP contribution in [0.4, 0.5) is 0 Å². The summed E-state index contributed by atoms with van der Waals surface area (Å²) < 4.78 is 16.6. The van der Waals surface area contributed by atoms with E-state index in [4.69, 9.17) is 13.9 Å². The van der Waals surface area contributed by atoms with Crippen LogP contribution in [0.25, 0.3) is 0 Å². The van der Waals surface area contributed by atoms with Crippen LogP contribution < -0.4 is 4.74 Å². The molecule has 0 N–H and O–H groups in total.